The number of rotatable bonds is 3. The largest absolute Gasteiger partial charge is 0.255 e. The van der Waals surface area contributed by atoms with Crippen LogP contribution in [0.25, 0.3) is 10.9 Å². The normalized spacial score (nSPS) is 12.4. The van der Waals surface area contributed by atoms with E-state index in [4.69, 9.17) is 0 Å². The maximum atomic E-state index is 12.5. The Labute approximate surface area is 114 Å². The molecular formula is C16H13NOS. The minimum atomic E-state index is -1.07. The summed E-state index contributed by atoms with van der Waals surface area (Å²) in [6, 6.07) is 19.6. The van der Waals surface area contributed by atoms with Crippen molar-refractivity contribution in [1.29, 1.82) is 0 Å². The van der Waals surface area contributed by atoms with Gasteiger partial charge >= 0.3 is 0 Å². The molecule has 0 saturated heterocycles. The third-order valence-corrected chi connectivity index (χ3v) is 4.40. The van der Waals surface area contributed by atoms with Crippen molar-refractivity contribution in [1.82, 2.24) is 4.98 Å². The predicted molar refractivity (Wildman–Crippen MR) is 78.3 cm³/mol. The lowest BCUT2D eigenvalue weighted by atomic mass is 10.2. The smallest absolute Gasteiger partial charge is 0.0863 e. The summed E-state index contributed by atoms with van der Waals surface area (Å²) in [7, 11) is -1.07. The molecule has 0 radical (unpaired) electrons. The number of hydrogen-bond donors (Lipinski definition) is 0. The highest BCUT2D eigenvalue weighted by Crippen LogP contribution is 2.21. The first-order chi connectivity index (χ1) is 9.34. The third kappa shape index (κ3) is 2.56. The van der Waals surface area contributed by atoms with Crippen molar-refractivity contribution >= 4 is 21.7 Å². The van der Waals surface area contributed by atoms with Crippen LogP contribution in [-0.2, 0) is 16.6 Å². The molecule has 19 heavy (non-hydrogen) atoms. The second kappa shape index (κ2) is 5.33. The van der Waals surface area contributed by atoms with Crippen molar-refractivity contribution in [2.75, 3.05) is 0 Å². The van der Waals surface area contributed by atoms with Crippen LogP contribution in [-0.4, -0.2) is 9.19 Å². The summed E-state index contributed by atoms with van der Waals surface area (Å²) < 4.78 is 12.5. The molecule has 1 heterocycles. The van der Waals surface area contributed by atoms with Gasteiger partial charge in [-0.15, -0.1) is 0 Å². The molecular weight excluding hydrogens is 254 g/mol. The Morgan fingerprint density at radius 2 is 1.68 bits per heavy atom. The van der Waals surface area contributed by atoms with Crippen LogP contribution in [0.4, 0.5) is 0 Å². The SMILES string of the molecule is O=[S@@](Cc1ccccc1)c1cccc2cccnc12. The Bertz CT molecular complexity index is 720. The summed E-state index contributed by atoms with van der Waals surface area (Å²) in [4.78, 5) is 5.16. The van der Waals surface area contributed by atoms with Crippen LogP contribution < -0.4 is 0 Å². The minimum absolute atomic E-state index is 0.524. The van der Waals surface area contributed by atoms with Crippen LogP contribution in [0.5, 0.6) is 0 Å². The van der Waals surface area contributed by atoms with Crippen molar-refractivity contribution in [3.05, 3.63) is 72.4 Å². The fourth-order valence-corrected chi connectivity index (χ4v) is 3.33. The highest BCUT2D eigenvalue weighted by molar-refractivity contribution is 7.84. The van der Waals surface area contributed by atoms with E-state index in [1.807, 2.05) is 60.7 Å². The first-order valence-corrected chi connectivity index (χ1v) is 7.42. The van der Waals surface area contributed by atoms with E-state index in [9.17, 15) is 4.21 Å². The van der Waals surface area contributed by atoms with Gasteiger partial charge in [-0.25, -0.2) is 0 Å². The average molecular weight is 267 g/mol. The van der Waals surface area contributed by atoms with Gasteiger partial charge in [0.1, 0.15) is 0 Å². The molecule has 0 bridgehead atoms. The van der Waals surface area contributed by atoms with Gasteiger partial charge in [-0.2, -0.15) is 0 Å². The van der Waals surface area contributed by atoms with Gasteiger partial charge in [-0.1, -0.05) is 48.5 Å². The van der Waals surface area contributed by atoms with E-state index in [0.29, 0.717) is 5.75 Å². The molecule has 0 unspecified atom stereocenters. The Morgan fingerprint density at radius 1 is 0.895 bits per heavy atom. The second-order valence-electron chi connectivity index (χ2n) is 4.31. The van der Waals surface area contributed by atoms with Gasteiger partial charge in [0.05, 0.1) is 27.0 Å². The fraction of sp³-hybridized carbons (Fsp3) is 0.0625. The summed E-state index contributed by atoms with van der Waals surface area (Å²) in [6.07, 6.45) is 1.74. The molecule has 2 nitrogen and oxygen atoms in total. The van der Waals surface area contributed by atoms with Gasteiger partial charge in [0, 0.05) is 11.6 Å². The van der Waals surface area contributed by atoms with Crippen LogP contribution in [0.3, 0.4) is 0 Å². The summed E-state index contributed by atoms with van der Waals surface area (Å²) in [5.41, 5.74) is 1.91. The van der Waals surface area contributed by atoms with E-state index in [-0.39, 0.29) is 0 Å². The summed E-state index contributed by atoms with van der Waals surface area (Å²) >= 11 is 0. The number of hydrogen-bond acceptors (Lipinski definition) is 2. The standard InChI is InChI=1S/C16H13NOS/c18-19(12-13-6-2-1-3-7-13)15-10-4-8-14-9-5-11-17-16(14)15/h1-11H,12H2/t19-/m0/s1. The zero-order valence-electron chi connectivity index (χ0n) is 10.3. The van der Waals surface area contributed by atoms with Crippen LogP contribution in [0.2, 0.25) is 0 Å². The molecule has 0 fully saturated rings. The quantitative estimate of drug-likeness (QED) is 0.726. The van der Waals surface area contributed by atoms with E-state index in [1.165, 1.54) is 0 Å². The Kier molecular flexibility index (Phi) is 3.38. The molecule has 1 atom stereocenters. The van der Waals surface area contributed by atoms with E-state index < -0.39 is 10.8 Å². The minimum Gasteiger partial charge on any atom is -0.255 e. The first kappa shape index (κ1) is 12.1. The van der Waals surface area contributed by atoms with Crippen LogP contribution in [0.1, 0.15) is 5.56 Å². The van der Waals surface area contributed by atoms with E-state index >= 15 is 0 Å². The van der Waals surface area contributed by atoms with Gasteiger partial charge in [0.2, 0.25) is 0 Å². The molecule has 0 aliphatic rings. The molecule has 1 aromatic heterocycles. The van der Waals surface area contributed by atoms with E-state index in [1.54, 1.807) is 6.20 Å². The molecule has 94 valence electrons. The van der Waals surface area contributed by atoms with Crippen molar-refractivity contribution in [3.63, 3.8) is 0 Å². The number of para-hydroxylation sites is 1. The molecule has 0 saturated carbocycles. The number of fused-ring (bicyclic) bond motifs is 1. The number of pyridine rings is 1. The predicted octanol–water partition coefficient (Wildman–Crippen LogP) is 3.54. The van der Waals surface area contributed by atoms with Crippen molar-refractivity contribution < 1.29 is 4.21 Å². The third-order valence-electron chi connectivity index (χ3n) is 2.98. The number of aromatic nitrogens is 1. The summed E-state index contributed by atoms with van der Waals surface area (Å²) in [5, 5.41) is 1.03. The van der Waals surface area contributed by atoms with Crippen molar-refractivity contribution in [2.45, 2.75) is 10.6 Å². The molecule has 0 N–H and O–H groups in total. The highest BCUT2D eigenvalue weighted by Gasteiger charge is 2.09. The van der Waals surface area contributed by atoms with Crippen molar-refractivity contribution in [2.24, 2.45) is 0 Å². The van der Waals surface area contributed by atoms with Crippen LogP contribution >= 0.6 is 0 Å². The zero-order valence-corrected chi connectivity index (χ0v) is 11.1. The molecule has 3 heteroatoms. The lowest BCUT2D eigenvalue weighted by molar-refractivity contribution is 0.683. The first-order valence-electron chi connectivity index (χ1n) is 6.10. The van der Waals surface area contributed by atoms with Gasteiger partial charge in [0.15, 0.2) is 0 Å². The van der Waals surface area contributed by atoms with E-state index in [0.717, 1.165) is 21.4 Å². The molecule has 0 aliphatic heterocycles. The number of benzene rings is 2. The van der Waals surface area contributed by atoms with Gasteiger partial charge < -0.3 is 0 Å². The monoisotopic (exact) mass is 267 g/mol. The highest BCUT2D eigenvalue weighted by atomic mass is 32.2. The summed E-state index contributed by atoms with van der Waals surface area (Å²) in [5.74, 6) is 0.524. The van der Waals surface area contributed by atoms with Gasteiger partial charge in [0.25, 0.3) is 0 Å². The Balaban J connectivity index is 1.98. The zero-order chi connectivity index (χ0) is 13.1. The lowest BCUT2D eigenvalue weighted by Crippen LogP contribution is -1.98. The molecule has 0 aliphatic carbocycles. The summed E-state index contributed by atoms with van der Waals surface area (Å²) in [6.45, 7) is 0. The van der Waals surface area contributed by atoms with Crippen molar-refractivity contribution in [3.8, 4) is 0 Å². The van der Waals surface area contributed by atoms with Gasteiger partial charge in [-0.05, 0) is 17.7 Å². The molecule has 0 spiro atoms. The molecule has 0 amide bonds. The maximum absolute atomic E-state index is 12.5. The Hall–Kier alpha value is -2.00. The molecule has 3 rings (SSSR count). The Morgan fingerprint density at radius 3 is 2.53 bits per heavy atom. The fourth-order valence-electron chi connectivity index (χ4n) is 2.06. The average Bonchev–Trinajstić information content (AvgIpc) is 2.47. The van der Waals surface area contributed by atoms with Crippen LogP contribution in [0.15, 0.2) is 71.8 Å². The number of nitrogens with zero attached hydrogens (tertiary/aromatic N) is 1. The lowest BCUT2D eigenvalue weighted by Gasteiger charge is -2.05. The molecule has 2 aromatic carbocycles. The maximum Gasteiger partial charge on any atom is 0.0863 e. The second-order valence-corrected chi connectivity index (χ2v) is 5.73. The molecule has 3 aromatic rings. The van der Waals surface area contributed by atoms with Gasteiger partial charge in [-0.3, -0.25) is 9.19 Å². The topological polar surface area (TPSA) is 30.0 Å². The van der Waals surface area contributed by atoms with E-state index in [2.05, 4.69) is 4.98 Å². The van der Waals surface area contributed by atoms with Crippen LogP contribution in [0, 0.1) is 0 Å².